The quantitative estimate of drug-likeness (QED) is 0.663. The first-order chi connectivity index (χ1) is 9.48. The number of para-hydroxylation sites is 1. The van der Waals surface area contributed by atoms with E-state index in [0.717, 1.165) is 0 Å². The number of phenols is 1. The minimum atomic E-state index is -4.40. The lowest BCUT2D eigenvalue weighted by Crippen LogP contribution is -1.99. The molecule has 20 heavy (non-hydrogen) atoms. The van der Waals surface area contributed by atoms with Crippen LogP contribution < -0.4 is 0 Å². The number of aromatic nitrogens is 1. The van der Waals surface area contributed by atoms with Crippen LogP contribution in [0.2, 0.25) is 0 Å². The molecule has 0 saturated heterocycles. The van der Waals surface area contributed by atoms with Crippen LogP contribution in [0.5, 0.6) is 5.75 Å². The largest absolute Gasteiger partial charge is 0.508 e. The molecule has 8 heteroatoms. The molecular formula is C12H11N3O4S. The summed E-state index contributed by atoms with van der Waals surface area (Å²) in [5.74, 6) is -0.132. The van der Waals surface area contributed by atoms with Gasteiger partial charge in [0.2, 0.25) is 0 Å². The molecule has 2 N–H and O–H groups in total. The van der Waals surface area contributed by atoms with E-state index in [1.165, 1.54) is 24.4 Å². The smallest absolute Gasteiger partial charge is 0.298 e. The summed E-state index contributed by atoms with van der Waals surface area (Å²) in [6.07, 6.45) is 1.34. The summed E-state index contributed by atoms with van der Waals surface area (Å²) in [7, 11) is -4.40. The predicted molar refractivity (Wildman–Crippen MR) is 70.4 cm³/mol. The summed E-state index contributed by atoms with van der Waals surface area (Å²) in [4.78, 5) is 3.32. The highest BCUT2D eigenvalue weighted by atomic mass is 32.2. The molecule has 2 rings (SSSR count). The normalized spacial score (nSPS) is 11.8. The number of aromatic hydroxyl groups is 1. The lowest BCUT2D eigenvalue weighted by Gasteiger charge is -2.00. The number of hydrogen-bond donors (Lipinski definition) is 2. The van der Waals surface area contributed by atoms with Crippen molar-refractivity contribution in [1.29, 1.82) is 0 Å². The summed E-state index contributed by atoms with van der Waals surface area (Å²) in [5, 5.41) is 17.0. The van der Waals surface area contributed by atoms with E-state index in [0.29, 0.717) is 5.56 Å². The van der Waals surface area contributed by atoms with Crippen molar-refractivity contribution < 1.29 is 18.1 Å². The van der Waals surface area contributed by atoms with Crippen LogP contribution in [-0.4, -0.2) is 23.1 Å². The van der Waals surface area contributed by atoms with Crippen LogP contribution in [0.4, 0.5) is 5.82 Å². The van der Waals surface area contributed by atoms with Gasteiger partial charge in [0, 0.05) is 11.8 Å². The number of azo groups is 1. The number of hydrogen-bond acceptors (Lipinski definition) is 6. The Morgan fingerprint density at radius 2 is 1.90 bits per heavy atom. The Hall–Kier alpha value is -2.32. The van der Waals surface area contributed by atoms with Gasteiger partial charge in [-0.1, -0.05) is 18.2 Å². The molecule has 104 valence electrons. The molecule has 1 aromatic carbocycles. The molecule has 0 atom stereocenters. The van der Waals surface area contributed by atoms with E-state index >= 15 is 0 Å². The average molecular weight is 293 g/mol. The molecule has 0 spiro atoms. The van der Waals surface area contributed by atoms with Gasteiger partial charge < -0.3 is 5.11 Å². The Morgan fingerprint density at radius 1 is 1.15 bits per heavy atom. The van der Waals surface area contributed by atoms with E-state index in [-0.39, 0.29) is 18.1 Å². The SMILES string of the molecule is O=S(=O)(O)c1cccnc1N=NCc1ccccc1O. The highest BCUT2D eigenvalue weighted by molar-refractivity contribution is 7.86. The van der Waals surface area contributed by atoms with E-state index in [2.05, 4.69) is 15.2 Å². The molecule has 0 aliphatic heterocycles. The molecule has 0 bridgehead atoms. The Balaban J connectivity index is 2.23. The second-order valence-corrected chi connectivity index (χ2v) is 5.22. The third kappa shape index (κ3) is 3.37. The van der Waals surface area contributed by atoms with Gasteiger partial charge in [-0.15, -0.1) is 5.11 Å². The second kappa shape index (κ2) is 5.76. The number of phenolic OH excluding ortho intramolecular Hbond substituents is 1. The van der Waals surface area contributed by atoms with Crippen LogP contribution >= 0.6 is 0 Å². The molecule has 0 aliphatic rings. The monoisotopic (exact) mass is 293 g/mol. The molecule has 0 saturated carbocycles. The van der Waals surface area contributed by atoms with Crippen molar-refractivity contribution in [3.05, 3.63) is 48.2 Å². The number of rotatable bonds is 4. The van der Waals surface area contributed by atoms with Crippen molar-refractivity contribution in [1.82, 2.24) is 4.98 Å². The van der Waals surface area contributed by atoms with Gasteiger partial charge in [-0.05, 0) is 18.2 Å². The fourth-order valence-corrected chi connectivity index (χ4v) is 2.06. The molecule has 2 aromatic rings. The van der Waals surface area contributed by atoms with Crippen LogP contribution in [0, 0.1) is 0 Å². The number of pyridine rings is 1. The number of nitrogens with zero attached hydrogens (tertiary/aromatic N) is 3. The fourth-order valence-electron chi connectivity index (χ4n) is 1.48. The zero-order valence-corrected chi connectivity index (χ0v) is 11.0. The van der Waals surface area contributed by atoms with Crippen molar-refractivity contribution >= 4 is 15.9 Å². The van der Waals surface area contributed by atoms with Gasteiger partial charge in [-0.2, -0.15) is 13.5 Å². The summed E-state index contributed by atoms with van der Waals surface area (Å²) in [6, 6.07) is 9.12. The van der Waals surface area contributed by atoms with Gasteiger partial charge in [0.15, 0.2) is 5.82 Å². The average Bonchev–Trinajstić information content (AvgIpc) is 2.40. The van der Waals surface area contributed by atoms with Crippen molar-refractivity contribution in [2.75, 3.05) is 0 Å². The molecular weight excluding hydrogens is 282 g/mol. The van der Waals surface area contributed by atoms with Crippen molar-refractivity contribution in [2.45, 2.75) is 11.4 Å². The minimum absolute atomic E-state index is 0.0637. The van der Waals surface area contributed by atoms with Crippen LogP contribution in [0.1, 0.15) is 5.56 Å². The summed E-state index contributed by atoms with van der Waals surface area (Å²) in [6.45, 7) is 0.0637. The second-order valence-electron chi connectivity index (χ2n) is 3.83. The van der Waals surface area contributed by atoms with Gasteiger partial charge in [-0.25, -0.2) is 4.98 Å². The van der Waals surface area contributed by atoms with E-state index in [1.54, 1.807) is 18.2 Å². The van der Waals surface area contributed by atoms with Gasteiger partial charge in [-0.3, -0.25) is 4.55 Å². The minimum Gasteiger partial charge on any atom is -0.508 e. The summed E-state index contributed by atoms with van der Waals surface area (Å²) in [5.41, 5.74) is 0.542. The molecule has 0 radical (unpaired) electrons. The highest BCUT2D eigenvalue weighted by Crippen LogP contribution is 2.22. The van der Waals surface area contributed by atoms with Crippen molar-refractivity contribution in [3.63, 3.8) is 0 Å². The Morgan fingerprint density at radius 3 is 2.60 bits per heavy atom. The number of benzene rings is 1. The van der Waals surface area contributed by atoms with E-state index in [1.807, 2.05) is 0 Å². The van der Waals surface area contributed by atoms with Gasteiger partial charge in [0.05, 0.1) is 6.54 Å². The van der Waals surface area contributed by atoms with Crippen LogP contribution in [0.25, 0.3) is 0 Å². The molecule has 1 heterocycles. The highest BCUT2D eigenvalue weighted by Gasteiger charge is 2.15. The third-order valence-electron chi connectivity index (χ3n) is 2.43. The Labute approximate surface area is 115 Å². The molecule has 0 amide bonds. The maximum Gasteiger partial charge on any atom is 0.298 e. The lowest BCUT2D eigenvalue weighted by molar-refractivity contribution is 0.468. The molecule has 1 aromatic heterocycles. The zero-order valence-electron chi connectivity index (χ0n) is 10.2. The van der Waals surface area contributed by atoms with E-state index < -0.39 is 15.0 Å². The first kappa shape index (κ1) is 14.1. The fraction of sp³-hybridized carbons (Fsp3) is 0.0833. The van der Waals surface area contributed by atoms with Crippen LogP contribution in [0.15, 0.2) is 57.7 Å². The topological polar surface area (TPSA) is 112 Å². The molecule has 0 fully saturated rings. The van der Waals surface area contributed by atoms with Crippen molar-refractivity contribution in [2.24, 2.45) is 10.2 Å². The molecule has 0 unspecified atom stereocenters. The Bertz CT molecular complexity index is 744. The lowest BCUT2D eigenvalue weighted by atomic mass is 10.2. The maximum atomic E-state index is 11.1. The predicted octanol–water partition coefficient (Wildman–Crippen LogP) is 2.32. The zero-order chi connectivity index (χ0) is 14.6. The standard InChI is InChI=1S/C12H11N3O4S/c16-10-5-2-1-4-9(10)8-14-15-12-11(20(17,18)19)6-3-7-13-12/h1-7,16H,8H2,(H,17,18,19). The molecule has 0 aliphatic carbocycles. The van der Waals surface area contributed by atoms with Crippen LogP contribution in [-0.2, 0) is 16.7 Å². The summed E-state index contributed by atoms with van der Waals surface area (Å²) >= 11 is 0. The van der Waals surface area contributed by atoms with Crippen molar-refractivity contribution in [3.8, 4) is 5.75 Å². The first-order valence-corrected chi connectivity index (χ1v) is 6.99. The Kier molecular flexibility index (Phi) is 4.06. The van der Waals surface area contributed by atoms with E-state index in [9.17, 15) is 13.5 Å². The van der Waals surface area contributed by atoms with Crippen LogP contribution in [0.3, 0.4) is 0 Å². The molecule has 7 nitrogen and oxygen atoms in total. The first-order valence-electron chi connectivity index (χ1n) is 5.55. The van der Waals surface area contributed by atoms with Gasteiger partial charge >= 0.3 is 0 Å². The maximum absolute atomic E-state index is 11.1. The third-order valence-corrected chi connectivity index (χ3v) is 3.30. The van der Waals surface area contributed by atoms with Gasteiger partial charge in [0.1, 0.15) is 10.6 Å². The van der Waals surface area contributed by atoms with E-state index in [4.69, 9.17) is 4.55 Å². The summed E-state index contributed by atoms with van der Waals surface area (Å²) < 4.78 is 31.3. The van der Waals surface area contributed by atoms with Gasteiger partial charge in [0.25, 0.3) is 10.1 Å².